The fourth-order valence-corrected chi connectivity index (χ4v) is 1.94. The third kappa shape index (κ3) is 2.45. The number of carbonyl (C=O) groups is 1. The standard InChI is InChI=1S/C15H12N2O3/c1-9-5-13(14(20-2)8-17-9)12-6-10(7-16)3-4-11(12)15(18)19/h3-6,8H,1-2H3,(H,18,19). The van der Waals surface area contributed by atoms with E-state index in [1.165, 1.54) is 25.4 Å². The molecule has 100 valence electrons. The highest BCUT2D eigenvalue weighted by atomic mass is 16.5. The molecule has 5 nitrogen and oxygen atoms in total. The Hall–Kier alpha value is -2.87. The molecule has 0 bridgehead atoms. The second kappa shape index (κ2) is 5.41. The summed E-state index contributed by atoms with van der Waals surface area (Å²) in [6.45, 7) is 1.80. The second-order valence-electron chi connectivity index (χ2n) is 4.20. The van der Waals surface area contributed by atoms with Crippen LogP contribution in [0.4, 0.5) is 0 Å². The van der Waals surface area contributed by atoms with Gasteiger partial charge in [-0.05, 0) is 31.2 Å². The normalized spacial score (nSPS) is 9.85. The van der Waals surface area contributed by atoms with E-state index >= 15 is 0 Å². The molecular formula is C15H12N2O3. The molecule has 20 heavy (non-hydrogen) atoms. The van der Waals surface area contributed by atoms with Crippen LogP contribution in [-0.2, 0) is 0 Å². The Morgan fingerprint density at radius 2 is 2.10 bits per heavy atom. The Morgan fingerprint density at radius 3 is 2.70 bits per heavy atom. The summed E-state index contributed by atoms with van der Waals surface area (Å²) in [5, 5.41) is 18.3. The zero-order valence-electron chi connectivity index (χ0n) is 11.0. The van der Waals surface area contributed by atoms with Crippen molar-refractivity contribution in [3.8, 4) is 22.9 Å². The molecule has 1 aromatic heterocycles. The maximum Gasteiger partial charge on any atom is 0.336 e. The Kier molecular flexibility index (Phi) is 3.67. The van der Waals surface area contributed by atoms with Gasteiger partial charge >= 0.3 is 5.97 Å². The topological polar surface area (TPSA) is 83.2 Å². The molecule has 0 amide bonds. The minimum atomic E-state index is -1.05. The number of aromatic nitrogens is 1. The van der Waals surface area contributed by atoms with E-state index in [4.69, 9.17) is 10.00 Å². The van der Waals surface area contributed by atoms with Gasteiger partial charge in [0.25, 0.3) is 0 Å². The molecule has 1 N–H and O–H groups in total. The molecule has 0 unspecified atom stereocenters. The van der Waals surface area contributed by atoms with Crippen molar-refractivity contribution < 1.29 is 14.6 Å². The highest BCUT2D eigenvalue weighted by Crippen LogP contribution is 2.33. The highest BCUT2D eigenvalue weighted by molar-refractivity contribution is 5.97. The number of benzene rings is 1. The van der Waals surface area contributed by atoms with E-state index < -0.39 is 5.97 Å². The van der Waals surface area contributed by atoms with Crippen molar-refractivity contribution in [2.24, 2.45) is 0 Å². The summed E-state index contributed by atoms with van der Waals surface area (Å²) in [7, 11) is 1.49. The number of hydrogen-bond donors (Lipinski definition) is 1. The van der Waals surface area contributed by atoms with Crippen LogP contribution in [-0.4, -0.2) is 23.2 Å². The number of hydrogen-bond acceptors (Lipinski definition) is 4. The summed E-state index contributed by atoms with van der Waals surface area (Å²) in [6, 6.07) is 8.19. The van der Waals surface area contributed by atoms with Crippen LogP contribution in [0.2, 0.25) is 0 Å². The molecular weight excluding hydrogens is 256 g/mol. The largest absolute Gasteiger partial charge is 0.494 e. The highest BCUT2D eigenvalue weighted by Gasteiger charge is 2.16. The van der Waals surface area contributed by atoms with E-state index in [0.717, 1.165) is 5.69 Å². The van der Waals surface area contributed by atoms with Gasteiger partial charge in [0.15, 0.2) is 0 Å². The molecule has 0 aliphatic carbocycles. The van der Waals surface area contributed by atoms with Crippen molar-refractivity contribution in [3.05, 3.63) is 47.3 Å². The molecule has 1 heterocycles. The molecule has 1 aromatic carbocycles. The molecule has 2 rings (SSSR count). The summed E-state index contributed by atoms with van der Waals surface area (Å²) in [5.74, 6) is -0.589. The smallest absolute Gasteiger partial charge is 0.336 e. The lowest BCUT2D eigenvalue weighted by Crippen LogP contribution is -2.01. The minimum Gasteiger partial charge on any atom is -0.494 e. The zero-order valence-corrected chi connectivity index (χ0v) is 11.0. The Labute approximate surface area is 116 Å². The van der Waals surface area contributed by atoms with Gasteiger partial charge in [-0.3, -0.25) is 4.98 Å². The number of pyridine rings is 1. The lowest BCUT2D eigenvalue weighted by atomic mass is 9.97. The van der Waals surface area contributed by atoms with Gasteiger partial charge in [0.2, 0.25) is 0 Å². The van der Waals surface area contributed by atoms with Crippen LogP contribution < -0.4 is 4.74 Å². The van der Waals surface area contributed by atoms with Crippen LogP contribution in [0, 0.1) is 18.3 Å². The van der Waals surface area contributed by atoms with Gasteiger partial charge in [-0.1, -0.05) is 0 Å². The van der Waals surface area contributed by atoms with Gasteiger partial charge in [-0.25, -0.2) is 4.79 Å². The number of nitriles is 1. The van der Waals surface area contributed by atoms with Crippen LogP contribution in [0.15, 0.2) is 30.5 Å². The number of nitrogens with zero attached hydrogens (tertiary/aromatic N) is 2. The van der Waals surface area contributed by atoms with Crippen LogP contribution in [0.25, 0.3) is 11.1 Å². The summed E-state index contributed by atoms with van der Waals surface area (Å²) in [4.78, 5) is 15.5. The van der Waals surface area contributed by atoms with Gasteiger partial charge in [0.05, 0.1) is 30.5 Å². The van der Waals surface area contributed by atoms with Crippen molar-refractivity contribution in [2.45, 2.75) is 6.92 Å². The number of aryl methyl sites for hydroxylation is 1. The molecule has 0 aliphatic heterocycles. The Balaban J connectivity index is 2.76. The molecule has 0 atom stereocenters. The Morgan fingerprint density at radius 1 is 1.35 bits per heavy atom. The first-order valence-electron chi connectivity index (χ1n) is 5.85. The van der Waals surface area contributed by atoms with Gasteiger partial charge in [-0.2, -0.15) is 5.26 Å². The maximum atomic E-state index is 11.3. The lowest BCUT2D eigenvalue weighted by Gasteiger charge is -2.12. The molecule has 5 heteroatoms. The van der Waals surface area contributed by atoms with Crippen LogP contribution in [0.5, 0.6) is 5.75 Å². The van der Waals surface area contributed by atoms with E-state index in [0.29, 0.717) is 22.4 Å². The molecule has 2 aromatic rings. The van der Waals surface area contributed by atoms with Gasteiger partial charge in [-0.15, -0.1) is 0 Å². The van der Waals surface area contributed by atoms with Crippen molar-refractivity contribution in [1.29, 1.82) is 5.26 Å². The predicted molar refractivity (Wildman–Crippen MR) is 72.6 cm³/mol. The molecule has 0 saturated heterocycles. The first kappa shape index (κ1) is 13.6. The molecule has 0 fully saturated rings. The lowest BCUT2D eigenvalue weighted by molar-refractivity contribution is 0.0697. The number of carboxylic acid groups (broad SMARTS) is 1. The van der Waals surface area contributed by atoms with E-state index in [1.54, 1.807) is 19.1 Å². The number of carboxylic acids is 1. The summed E-state index contributed by atoms with van der Waals surface area (Å²) >= 11 is 0. The van der Waals surface area contributed by atoms with Crippen molar-refractivity contribution >= 4 is 5.97 Å². The van der Waals surface area contributed by atoms with E-state index in [2.05, 4.69) is 4.98 Å². The predicted octanol–water partition coefficient (Wildman–Crippen LogP) is 2.64. The number of aromatic carboxylic acids is 1. The van der Waals surface area contributed by atoms with Crippen LogP contribution in [0.3, 0.4) is 0 Å². The zero-order chi connectivity index (χ0) is 14.7. The van der Waals surface area contributed by atoms with Crippen molar-refractivity contribution in [3.63, 3.8) is 0 Å². The summed E-state index contributed by atoms with van der Waals surface area (Å²) < 4.78 is 5.22. The van der Waals surface area contributed by atoms with Crippen LogP contribution >= 0.6 is 0 Å². The SMILES string of the molecule is COc1cnc(C)cc1-c1cc(C#N)ccc1C(=O)O. The van der Waals surface area contributed by atoms with Gasteiger partial charge in [0, 0.05) is 16.8 Å². The van der Waals surface area contributed by atoms with Crippen molar-refractivity contribution in [1.82, 2.24) is 4.98 Å². The fraction of sp³-hybridized carbons (Fsp3) is 0.133. The number of rotatable bonds is 3. The monoisotopic (exact) mass is 268 g/mol. The average molecular weight is 268 g/mol. The average Bonchev–Trinajstić information content (AvgIpc) is 2.46. The van der Waals surface area contributed by atoms with E-state index in [1.807, 2.05) is 6.07 Å². The first-order valence-corrected chi connectivity index (χ1v) is 5.85. The maximum absolute atomic E-state index is 11.3. The van der Waals surface area contributed by atoms with Crippen LogP contribution in [0.1, 0.15) is 21.6 Å². The second-order valence-corrected chi connectivity index (χ2v) is 4.20. The molecule has 0 spiro atoms. The first-order chi connectivity index (χ1) is 9.56. The number of ether oxygens (including phenoxy) is 1. The van der Waals surface area contributed by atoms with Gasteiger partial charge in [0.1, 0.15) is 5.75 Å². The minimum absolute atomic E-state index is 0.118. The Bertz CT molecular complexity index is 718. The number of methoxy groups -OCH3 is 1. The molecule has 0 aliphatic rings. The third-order valence-corrected chi connectivity index (χ3v) is 2.89. The third-order valence-electron chi connectivity index (χ3n) is 2.89. The molecule has 0 saturated carbocycles. The molecule has 0 radical (unpaired) electrons. The summed E-state index contributed by atoms with van der Waals surface area (Å²) in [6.07, 6.45) is 1.54. The van der Waals surface area contributed by atoms with E-state index in [9.17, 15) is 9.90 Å². The summed E-state index contributed by atoms with van der Waals surface area (Å²) in [5.41, 5.74) is 2.29. The van der Waals surface area contributed by atoms with Crippen molar-refractivity contribution in [2.75, 3.05) is 7.11 Å². The van der Waals surface area contributed by atoms with E-state index in [-0.39, 0.29) is 5.56 Å². The van der Waals surface area contributed by atoms with Gasteiger partial charge < -0.3 is 9.84 Å². The fourth-order valence-electron chi connectivity index (χ4n) is 1.94. The quantitative estimate of drug-likeness (QED) is 0.925.